The first kappa shape index (κ1) is 15.0. The van der Waals surface area contributed by atoms with E-state index in [9.17, 15) is 9.59 Å². The van der Waals surface area contributed by atoms with Crippen molar-refractivity contribution in [2.45, 2.75) is 52.7 Å². The number of carbonyl (C=O) groups is 2. The lowest BCUT2D eigenvalue weighted by Crippen LogP contribution is -2.41. The molecule has 5 nitrogen and oxygen atoms in total. The molecular formula is C13H22O5. The standard InChI is InChI=1S/C13H22O5/c1-6-16-10(14)13(5,11(15)17-7-2)8-9-12(3,4)18-9/h9H,6-8H2,1-5H3. The van der Waals surface area contributed by atoms with Crippen molar-refractivity contribution in [3.63, 3.8) is 0 Å². The Kier molecular flexibility index (Phi) is 4.37. The Hall–Kier alpha value is -1.10. The van der Waals surface area contributed by atoms with Crippen LogP contribution in [-0.4, -0.2) is 36.9 Å². The summed E-state index contributed by atoms with van der Waals surface area (Å²) in [4.78, 5) is 24.0. The monoisotopic (exact) mass is 258 g/mol. The fraction of sp³-hybridized carbons (Fsp3) is 0.846. The maximum atomic E-state index is 12.0. The van der Waals surface area contributed by atoms with Crippen molar-refractivity contribution in [3.05, 3.63) is 0 Å². The molecule has 0 amide bonds. The lowest BCUT2D eigenvalue weighted by molar-refractivity contribution is -0.171. The van der Waals surface area contributed by atoms with Gasteiger partial charge in [0.15, 0.2) is 5.41 Å². The lowest BCUT2D eigenvalue weighted by Gasteiger charge is -2.24. The Morgan fingerprint density at radius 2 is 1.56 bits per heavy atom. The van der Waals surface area contributed by atoms with Crippen LogP contribution in [0.15, 0.2) is 0 Å². The molecule has 104 valence electrons. The summed E-state index contributed by atoms with van der Waals surface area (Å²) in [7, 11) is 0. The molecule has 0 aromatic carbocycles. The molecule has 0 spiro atoms. The molecule has 18 heavy (non-hydrogen) atoms. The highest BCUT2D eigenvalue weighted by Gasteiger charge is 2.56. The number of esters is 2. The van der Waals surface area contributed by atoms with Crippen molar-refractivity contribution in [3.8, 4) is 0 Å². The lowest BCUT2D eigenvalue weighted by atomic mass is 9.83. The Bertz CT molecular complexity index is 316. The summed E-state index contributed by atoms with van der Waals surface area (Å²) in [5.74, 6) is -1.09. The van der Waals surface area contributed by atoms with Gasteiger partial charge in [0, 0.05) is 6.42 Å². The molecule has 0 N–H and O–H groups in total. The number of carbonyl (C=O) groups excluding carboxylic acids is 2. The van der Waals surface area contributed by atoms with E-state index in [-0.39, 0.29) is 31.3 Å². The van der Waals surface area contributed by atoms with Crippen LogP contribution in [0.2, 0.25) is 0 Å². The highest BCUT2D eigenvalue weighted by atomic mass is 16.6. The number of rotatable bonds is 6. The maximum Gasteiger partial charge on any atom is 0.323 e. The molecule has 0 radical (unpaired) electrons. The van der Waals surface area contributed by atoms with Crippen molar-refractivity contribution in [1.29, 1.82) is 0 Å². The third-order valence-electron chi connectivity index (χ3n) is 3.21. The highest BCUT2D eigenvalue weighted by molar-refractivity contribution is 5.99. The van der Waals surface area contributed by atoms with Crippen LogP contribution < -0.4 is 0 Å². The number of ether oxygens (including phenoxy) is 3. The molecule has 0 aliphatic carbocycles. The van der Waals surface area contributed by atoms with E-state index in [1.165, 1.54) is 0 Å². The van der Waals surface area contributed by atoms with Crippen molar-refractivity contribution >= 4 is 11.9 Å². The van der Waals surface area contributed by atoms with Gasteiger partial charge in [-0.3, -0.25) is 9.59 Å². The van der Waals surface area contributed by atoms with Crippen LogP contribution in [-0.2, 0) is 23.8 Å². The average molecular weight is 258 g/mol. The minimum atomic E-state index is -1.29. The molecule has 1 fully saturated rings. The van der Waals surface area contributed by atoms with Gasteiger partial charge >= 0.3 is 11.9 Å². The van der Waals surface area contributed by atoms with Gasteiger partial charge in [0.1, 0.15) is 0 Å². The van der Waals surface area contributed by atoms with Gasteiger partial charge in [-0.05, 0) is 34.6 Å². The summed E-state index contributed by atoms with van der Waals surface area (Å²) in [6.45, 7) is 9.30. The number of hydrogen-bond donors (Lipinski definition) is 0. The average Bonchev–Trinajstić information content (AvgIpc) is 2.86. The summed E-state index contributed by atoms with van der Waals surface area (Å²) in [5, 5.41) is 0. The Balaban J connectivity index is 2.80. The fourth-order valence-electron chi connectivity index (χ4n) is 1.82. The van der Waals surface area contributed by atoms with Gasteiger partial charge in [0.25, 0.3) is 0 Å². The molecule has 1 aliphatic heterocycles. The van der Waals surface area contributed by atoms with Gasteiger partial charge in [-0.15, -0.1) is 0 Å². The second kappa shape index (κ2) is 5.26. The first-order chi connectivity index (χ1) is 8.28. The first-order valence-corrected chi connectivity index (χ1v) is 6.30. The molecule has 0 bridgehead atoms. The summed E-state index contributed by atoms with van der Waals surface area (Å²) in [6, 6.07) is 0. The van der Waals surface area contributed by atoms with E-state index in [1.54, 1.807) is 20.8 Å². The summed E-state index contributed by atoms with van der Waals surface area (Å²) in [6.07, 6.45) is 0.175. The van der Waals surface area contributed by atoms with Crippen molar-refractivity contribution in [2.24, 2.45) is 5.41 Å². The number of epoxide rings is 1. The fourth-order valence-corrected chi connectivity index (χ4v) is 1.82. The van der Waals surface area contributed by atoms with E-state index in [4.69, 9.17) is 14.2 Å². The predicted molar refractivity (Wildman–Crippen MR) is 64.9 cm³/mol. The summed E-state index contributed by atoms with van der Waals surface area (Å²) < 4.78 is 15.4. The van der Waals surface area contributed by atoms with E-state index < -0.39 is 17.4 Å². The molecule has 1 unspecified atom stereocenters. The third-order valence-corrected chi connectivity index (χ3v) is 3.21. The van der Waals surface area contributed by atoms with Crippen LogP contribution >= 0.6 is 0 Å². The zero-order chi connectivity index (χ0) is 14.0. The van der Waals surface area contributed by atoms with Crippen LogP contribution in [0.25, 0.3) is 0 Å². The minimum Gasteiger partial charge on any atom is -0.465 e. The van der Waals surface area contributed by atoms with Crippen molar-refractivity contribution in [1.82, 2.24) is 0 Å². The van der Waals surface area contributed by atoms with Crippen molar-refractivity contribution in [2.75, 3.05) is 13.2 Å². The Morgan fingerprint density at radius 1 is 1.17 bits per heavy atom. The van der Waals surface area contributed by atoms with E-state index in [0.29, 0.717) is 0 Å². The molecule has 1 atom stereocenters. The minimum absolute atomic E-state index is 0.115. The zero-order valence-electron chi connectivity index (χ0n) is 11.7. The molecule has 0 aromatic heterocycles. The molecule has 1 saturated heterocycles. The molecule has 5 heteroatoms. The van der Waals surface area contributed by atoms with Gasteiger partial charge in [-0.25, -0.2) is 0 Å². The van der Waals surface area contributed by atoms with Crippen molar-refractivity contribution < 1.29 is 23.8 Å². The Labute approximate surface area is 108 Å². The van der Waals surface area contributed by atoms with E-state index in [2.05, 4.69) is 0 Å². The molecule has 1 aliphatic rings. The smallest absolute Gasteiger partial charge is 0.323 e. The van der Waals surface area contributed by atoms with Crippen LogP contribution in [0, 0.1) is 5.41 Å². The largest absolute Gasteiger partial charge is 0.465 e. The number of hydrogen-bond acceptors (Lipinski definition) is 5. The maximum absolute atomic E-state index is 12.0. The summed E-state index contributed by atoms with van der Waals surface area (Å²) in [5.41, 5.74) is -1.56. The van der Waals surface area contributed by atoms with Gasteiger partial charge < -0.3 is 14.2 Å². The van der Waals surface area contributed by atoms with Crippen LogP contribution in [0.5, 0.6) is 0 Å². The van der Waals surface area contributed by atoms with Gasteiger partial charge in [-0.2, -0.15) is 0 Å². The van der Waals surface area contributed by atoms with E-state index in [1.807, 2.05) is 13.8 Å². The second-order valence-electron chi connectivity index (χ2n) is 5.19. The SMILES string of the molecule is CCOC(=O)C(C)(CC1OC1(C)C)C(=O)OCC. The highest BCUT2D eigenvalue weighted by Crippen LogP contribution is 2.43. The van der Waals surface area contributed by atoms with Crippen LogP contribution in [0.1, 0.15) is 41.0 Å². The van der Waals surface area contributed by atoms with E-state index in [0.717, 1.165) is 0 Å². The third kappa shape index (κ3) is 3.02. The Morgan fingerprint density at radius 3 is 1.83 bits per heavy atom. The first-order valence-electron chi connectivity index (χ1n) is 6.30. The molecule has 0 saturated carbocycles. The molecule has 0 aromatic rings. The summed E-state index contributed by atoms with van der Waals surface area (Å²) >= 11 is 0. The van der Waals surface area contributed by atoms with E-state index >= 15 is 0 Å². The normalized spacial score (nSPS) is 21.3. The van der Waals surface area contributed by atoms with Crippen LogP contribution in [0.3, 0.4) is 0 Å². The zero-order valence-corrected chi connectivity index (χ0v) is 11.7. The predicted octanol–water partition coefficient (Wildman–Crippen LogP) is 1.69. The molecule has 1 rings (SSSR count). The second-order valence-corrected chi connectivity index (χ2v) is 5.19. The quantitative estimate of drug-likeness (QED) is 0.412. The van der Waals surface area contributed by atoms with Crippen LogP contribution in [0.4, 0.5) is 0 Å². The van der Waals surface area contributed by atoms with Gasteiger partial charge in [0.2, 0.25) is 0 Å². The molecular weight excluding hydrogens is 236 g/mol. The topological polar surface area (TPSA) is 65.1 Å². The van der Waals surface area contributed by atoms with Gasteiger partial charge in [0.05, 0.1) is 24.9 Å². The van der Waals surface area contributed by atoms with Gasteiger partial charge in [-0.1, -0.05) is 0 Å². The molecule has 1 heterocycles.